The Kier molecular flexibility index (Phi) is 4.46. The average molecular weight is 268 g/mol. The molecular formula is C18H24N2. The first kappa shape index (κ1) is 14.6. The Labute approximate surface area is 122 Å². The fraction of sp³-hybridized carbons (Fsp3) is 0.333. The summed E-state index contributed by atoms with van der Waals surface area (Å²) in [4.78, 5) is 2.27. The number of aryl methyl sites for hydroxylation is 2. The largest absolute Gasteiger partial charge is 0.388 e. The number of benzene rings is 2. The second-order valence-electron chi connectivity index (χ2n) is 5.60. The van der Waals surface area contributed by atoms with E-state index in [-0.39, 0.29) is 0 Å². The number of rotatable bonds is 4. The summed E-state index contributed by atoms with van der Waals surface area (Å²) in [6, 6.07) is 15.7. The van der Waals surface area contributed by atoms with Crippen molar-refractivity contribution in [3.05, 3.63) is 64.7 Å². The van der Waals surface area contributed by atoms with Crippen LogP contribution in [-0.4, -0.2) is 26.0 Å². The van der Waals surface area contributed by atoms with Gasteiger partial charge < -0.3 is 5.32 Å². The van der Waals surface area contributed by atoms with E-state index in [0.29, 0.717) is 6.04 Å². The number of hydrogen-bond donors (Lipinski definition) is 1. The minimum absolute atomic E-state index is 0.292. The van der Waals surface area contributed by atoms with Gasteiger partial charge in [-0.25, -0.2) is 0 Å². The van der Waals surface area contributed by atoms with Crippen LogP contribution in [0.15, 0.2) is 42.5 Å². The fourth-order valence-corrected chi connectivity index (χ4v) is 2.64. The van der Waals surface area contributed by atoms with Gasteiger partial charge in [0.15, 0.2) is 0 Å². The topological polar surface area (TPSA) is 15.3 Å². The van der Waals surface area contributed by atoms with Crippen molar-refractivity contribution in [2.24, 2.45) is 0 Å². The number of anilines is 1. The molecule has 2 rings (SSSR count). The molecule has 0 heterocycles. The molecule has 0 aliphatic carbocycles. The lowest BCUT2D eigenvalue weighted by atomic mass is 9.92. The molecule has 20 heavy (non-hydrogen) atoms. The molecule has 2 aromatic carbocycles. The Bertz CT molecular complexity index is 570. The highest BCUT2D eigenvalue weighted by Crippen LogP contribution is 2.30. The molecule has 0 fully saturated rings. The van der Waals surface area contributed by atoms with E-state index < -0.39 is 0 Å². The zero-order valence-electron chi connectivity index (χ0n) is 13.1. The second kappa shape index (κ2) is 6.10. The quantitative estimate of drug-likeness (QED) is 0.901. The fourth-order valence-electron chi connectivity index (χ4n) is 2.64. The van der Waals surface area contributed by atoms with Crippen LogP contribution in [0, 0.1) is 13.8 Å². The smallest absolute Gasteiger partial charge is 0.0599 e. The Balaban J connectivity index is 2.47. The summed E-state index contributed by atoms with van der Waals surface area (Å²) in [5.74, 6) is 0. The molecule has 0 saturated carbocycles. The molecule has 0 aromatic heterocycles. The standard InChI is InChI=1S/C18H24N2/c1-13-6-7-14(2)17(12-13)18(20(4)5)15-8-10-16(19-3)11-9-15/h6-12,18-19H,1-5H3. The SMILES string of the molecule is CNc1ccc(C(c2cc(C)ccc2C)N(C)C)cc1. The molecule has 1 atom stereocenters. The lowest BCUT2D eigenvalue weighted by Crippen LogP contribution is -2.22. The van der Waals surface area contributed by atoms with Gasteiger partial charge in [-0.15, -0.1) is 0 Å². The van der Waals surface area contributed by atoms with Gasteiger partial charge >= 0.3 is 0 Å². The third-order valence-corrected chi connectivity index (χ3v) is 3.76. The van der Waals surface area contributed by atoms with E-state index in [9.17, 15) is 0 Å². The highest BCUT2D eigenvalue weighted by molar-refractivity contribution is 5.47. The molecule has 0 bridgehead atoms. The van der Waals surface area contributed by atoms with Crippen molar-refractivity contribution in [2.45, 2.75) is 19.9 Å². The van der Waals surface area contributed by atoms with Crippen LogP contribution in [0.25, 0.3) is 0 Å². The van der Waals surface area contributed by atoms with Crippen LogP contribution in [-0.2, 0) is 0 Å². The van der Waals surface area contributed by atoms with Crippen molar-refractivity contribution >= 4 is 5.69 Å². The van der Waals surface area contributed by atoms with Gasteiger partial charge in [-0.05, 0) is 56.8 Å². The van der Waals surface area contributed by atoms with Crippen LogP contribution in [0.4, 0.5) is 5.69 Å². The van der Waals surface area contributed by atoms with Gasteiger partial charge in [0.05, 0.1) is 6.04 Å². The highest BCUT2D eigenvalue weighted by Gasteiger charge is 2.18. The first-order valence-electron chi connectivity index (χ1n) is 7.04. The molecule has 1 N–H and O–H groups in total. The summed E-state index contributed by atoms with van der Waals surface area (Å²) in [6.07, 6.45) is 0. The van der Waals surface area contributed by atoms with Gasteiger partial charge in [-0.1, -0.05) is 35.9 Å². The van der Waals surface area contributed by atoms with E-state index in [0.717, 1.165) is 5.69 Å². The third kappa shape index (κ3) is 3.02. The van der Waals surface area contributed by atoms with Crippen LogP contribution in [0.1, 0.15) is 28.3 Å². The average Bonchev–Trinajstić information content (AvgIpc) is 2.43. The molecule has 0 aliphatic heterocycles. The maximum absolute atomic E-state index is 3.17. The lowest BCUT2D eigenvalue weighted by Gasteiger charge is -2.27. The summed E-state index contributed by atoms with van der Waals surface area (Å²) < 4.78 is 0. The Morgan fingerprint density at radius 2 is 1.60 bits per heavy atom. The summed E-state index contributed by atoms with van der Waals surface area (Å²) in [5, 5.41) is 3.17. The molecule has 0 spiro atoms. The van der Waals surface area contributed by atoms with Gasteiger partial charge in [0, 0.05) is 12.7 Å². The Hall–Kier alpha value is -1.80. The van der Waals surface area contributed by atoms with E-state index in [1.807, 2.05) is 7.05 Å². The van der Waals surface area contributed by atoms with Crippen molar-refractivity contribution < 1.29 is 0 Å². The van der Waals surface area contributed by atoms with Crippen molar-refractivity contribution in [1.82, 2.24) is 4.90 Å². The van der Waals surface area contributed by atoms with E-state index in [1.165, 1.54) is 22.3 Å². The second-order valence-corrected chi connectivity index (χ2v) is 5.60. The predicted molar refractivity (Wildman–Crippen MR) is 87.4 cm³/mol. The molecule has 0 aliphatic rings. The van der Waals surface area contributed by atoms with E-state index >= 15 is 0 Å². The normalized spacial score (nSPS) is 12.5. The van der Waals surface area contributed by atoms with Crippen molar-refractivity contribution in [3.8, 4) is 0 Å². The maximum atomic E-state index is 3.17. The summed E-state index contributed by atoms with van der Waals surface area (Å²) in [6.45, 7) is 4.34. The van der Waals surface area contributed by atoms with E-state index in [4.69, 9.17) is 0 Å². The Morgan fingerprint density at radius 1 is 0.950 bits per heavy atom. The summed E-state index contributed by atoms with van der Waals surface area (Å²) in [5.41, 5.74) is 6.50. The van der Waals surface area contributed by atoms with Gasteiger partial charge in [0.2, 0.25) is 0 Å². The van der Waals surface area contributed by atoms with Gasteiger partial charge in [0.1, 0.15) is 0 Å². The predicted octanol–water partition coefficient (Wildman–Crippen LogP) is 4.00. The molecule has 106 valence electrons. The van der Waals surface area contributed by atoms with Gasteiger partial charge in [0.25, 0.3) is 0 Å². The van der Waals surface area contributed by atoms with Crippen LogP contribution in [0.3, 0.4) is 0 Å². The molecule has 0 radical (unpaired) electrons. The van der Waals surface area contributed by atoms with Crippen LogP contribution < -0.4 is 5.32 Å². The van der Waals surface area contributed by atoms with Crippen LogP contribution >= 0.6 is 0 Å². The molecule has 2 nitrogen and oxygen atoms in total. The molecule has 0 amide bonds. The van der Waals surface area contributed by atoms with Crippen molar-refractivity contribution in [3.63, 3.8) is 0 Å². The zero-order chi connectivity index (χ0) is 14.7. The first-order chi connectivity index (χ1) is 9.52. The van der Waals surface area contributed by atoms with Crippen molar-refractivity contribution in [2.75, 3.05) is 26.5 Å². The molecule has 2 heteroatoms. The molecule has 2 aromatic rings. The maximum Gasteiger partial charge on any atom is 0.0599 e. The minimum Gasteiger partial charge on any atom is -0.388 e. The summed E-state index contributed by atoms with van der Waals surface area (Å²) in [7, 11) is 6.22. The minimum atomic E-state index is 0.292. The van der Waals surface area contributed by atoms with Crippen molar-refractivity contribution in [1.29, 1.82) is 0 Å². The van der Waals surface area contributed by atoms with E-state index in [2.05, 4.69) is 80.6 Å². The lowest BCUT2D eigenvalue weighted by molar-refractivity contribution is 0.341. The first-order valence-corrected chi connectivity index (χ1v) is 7.04. The molecular weight excluding hydrogens is 244 g/mol. The van der Waals surface area contributed by atoms with Gasteiger partial charge in [-0.2, -0.15) is 0 Å². The Morgan fingerprint density at radius 3 is 2.15 bits per heavy atom. The third-order valence-electron chi connectivity index (χ3n) is 3.76. The van der Waals surface area contributed by atoms with E-state index in [1.54, 1.807) is 0 Å². The number of hydrogen-bond acceptors (Lipinski definition) is 2. The van der Waals surface area contributed by atoms with Gasteiger partial charge in [-0.3, -0.25) is 4.90 Å². The molecule has 0 saturated heterocycles. The highest BCUT2D eigenvalue weighted by atomic mass is 15.1. The van der Waals surface area contributed by atoms with Crippen LogP contribution in [0.2, 0.25) is 0 Å². The molecule has 1 unspecified atom stereocenters. The number of nitrogens with one attached hydrogen (secondary N) is 1. The monoisotopic (exact) mass is 268 g/mol. The zero-order valence-corrected chi connectivity index (χ0v) is 13.1. The van der Waals surface area contributed by atoms with Crippen LogP contribution in [0.5, 0.6) is 0 Å². The number of nitrogens with zero attached hydrogens (tertiary/aromatic N) is 1. The summed E-state index contributed by atoms with van der Waals surface area (Å²) >= 11 is 0.